The van der Waals surface area contributed by atoms with Crippen molar-refractivity contribution in [2.45, 2.75) is 33.7 Å². The minimum Gasteiger partial charge on any atom is -0.316 e. The van der Waals surface area contributed by atoms with Crippen LogP contribution in [0.2, 0.25) is 0 Å². The molecular weight excluding hydrogens is 176 g/mol. The molecule has 0 aliphatic rings. The number of aromatic nitrogens is 3. The van der Waals surface area contributed by atoms with Gasteiger partial charge in [-0.2, -0.15) is 0 Å². The number of hydrogen-bond acceptors (Lipinski definition) is 3. The van der Waals surface area contributed by atoms with Crippen LogP contribution in [0.15, 0.2) is 12.4 Å². The number of nitrogens with one attached hydrogen (secondary N) is 1. The topological polar surface area (TPSA) is 42.7 Å². The van der Waals surface area contributed by atoms with E-state index in [1.807, 2.05) is 10.9 Å². The summed E-state index contributed by atoms with van der Waals surface area (Å²) < 4.78 is 1.86. The highest BCUT2D eigenvalue weighted by atomic mass is 15.4. The van der Waals surface area contributed by atoms with Gasteiger partial charge in [-0.15, -0.1) is 5.10 Å². The third-order valence-electron chi connectivity index (χ3n) is 1.87. The van der Waals surface area contributed by atoms with Crippen LogP contribution in [0.5, 0.6) is 0 Å². The largest absolute Gasteiger partial charge is 0.316 e. The molecule has 0 spiro atoms. The lowest BCUT2D eigenvalue weighted by atomic mass is 9.97. The lowest BCUT2D eigenvalue weighted by molar-refractivity contribution is 0.375. The molecule has 4 heteroatoms. The average Bonchev–Trinajstić information content (AvgIpc) is 2.54. The normalized spacial score (nSPS) is 11.9. The molecule has 0 atom stereocenters. The van der Waals surface area contributed by atoms with Crippen molar-refractivity contribution in [3.05, 3.63) is 12.4 Å². The fourth-order valence-corrected chi connectivity index (χ4v) is 1.18. The quantitative estimate of drug-likeness (QED) is 0.722. The molecular formula is C10H20N4. The highest BCUT2D eigenvalue weighted by molar-refractivity contribution is 4.66. The van der Waals surface area contributed by atoms with E-state index < -0.39 is 0 Å². The van der Waals surface area contributed by atoms with Crippen LogP contribution in [-0.2, 0) is 6.54 Å². The van der Waals surface area contributed by atoms with E-state index in [9.17, 15) is 0 Å². The lowest BCUT2D eigenvalue weighted by Crippen LogP contribution is -2.28. The van der Waals surface area contributed by atoms with E-state index in [0.29, 0.717) is 5.41 Å². The van der Waals surface area contributed by atoms with Crippen molar-refractivity contribution in [1.29, 1.82) is 0 Å². The average molecular weight is 196 g/mol. The SMILES string of the molecule is CC(C)(C)CNCCCn1ccnn1. The Labute approximate surface area is 85.7 Å². The van der Waals surface area contributed by atoms with Crippen molar-refractivity contribution in [2.24, 2.45) is 5.41 Å². The Kier molecular flexibility index (Phi) is 4.07. The molecule has 0 aliphatic heterocycles. The minimum absolute atomic E-state index is 0.368. The maximum Gasteiger partial charge on any atom is 0.0692 e. The fraction of sp³-hybridized carbons (Fsp3) is 0.800. The zero-order chi connectivity index (χ0) is 10.4. The van der Waals surface area contributed by atoms with Crippen molar-refractivity contribution in [2.75, 3.05) is 13.1 Å². The summed E-state index contributed by atoms with van der Waals surface area (Å²) in [5, 5.41) is 11.1. The van der Waals surface area contributed by atoms with Gasteiger partial charge in [0.25, 0.3) is 0 Å². The molecule has 0 saturated heterocycles. The molecule has 0 aromatic carbocycles. The summed E-state index contributed by atoms with van der Waals surface area (Å²) in [7, 11) is 0. The van der Waals surface area contributed by atoms with E-state index >= 15 is 0 Å². The maximum absolute atomic E-state index is 3.90. The van der Waals surface area contributed by atoms with Crippen LogP contribution >= 0.6 is 0 Å². The van der Waals surface area contributed by atoms with Gasteiger partial charge < -0.3 is 5.32 Å². The van der Waals surface area contributed by atoms with E-state index in [4.69, 9.17) is 0 Å². The van der Waals surface area contributed by atoms with Crippen molar-refractivity contribution in [3.63, 3.8) is 0 Å². The first-order valence-corrected chi connectivity index (χ1v) is 5.13. The summed E-state index contributed by atoms with van der Waals surface area (Å²) in [6.45, 7) is 9.74. The van der Waals surface area contributed by atoms with Crippen LogP contribution in [0.1, 0.15) is 27.2 Å². The summed E-state index contributed by atoms with van der Waals surface area (Å²) in [5.74, 6) is 0. The monoisotopic (exact) mass is 196 g/mol. The first-order valence-electron chi connectivity index (χ1n) is 5.13. The van der Waals surface area contributed by atoms with Crippen LogP contribution in [-0.4, -0.2) is 28.1 Å². The first-order chi connectivity index (χ1) is 6.58. The Hall–Kier alpha value is -0.900. The zero-order valence-corrected chi connectivity index (χ0v) is 9.32. The van der Waals surface area contributed by atoms with Crippen LogP contribution in [0.3, 0.4) is 0 Å². The summed E-state index contributed by atoms with van der Waals surface area (Å²) in [6, 6.07) is 0. The minimum atomic E-state index is 0.368. The zero-order valence-electron chi connectivity index (χ0n) is 9.32. The predicted molar refractivity (Wildman–Crippen MR) is 57.0 cm³/mol. The molecule has 0 radical (unpaired) electrons. The third-order valence-corrected chi connectivity index (χ3v) is 1.87. The number of hydrogen-bond donors (Lipinski definition) is 1. The highest BCUT2D eigenvalue weighted by Gasteiger charge is 2.07. The smallest absolute Gasteiger partial charge is 0.0692 e. The Bertz CT molecular complexity index is 235. The molecule has 80 valence electrons. The predicted octanol–water partition coefficient (Wildman–Crippen LogP) is 1.30. The third kappa shape index (κ3) is 4.97. The van der Waals surface area contributed by atoms with Gasteiger partial charge in [-0.1, -0.05) is 26.0 Å². The molecule has 0 amide bonds. The molecule has 0 saturated carbocycles. The van der Waals surface area contributed by atoms with E-state index in [0.717, 1.165) is 26.1 Å². The van der Waals surface area contributed by atoms with E-state index in [-0.39, 0.29) is 0 Å². The van der Waals surface area contributed by atoms with Crippen molar-refractivity contribution < 1.29 is 0 Å². The second-order valence-electron chi connectivity index (χ2n) is 4.76. The van der Waals surface area contributed by atoms with Crippen LogP contribution in [0, 0.1) is 5.41 Å². The number of nitrogens with zero attached hydrogens (tertiary/aromatic N) is 3. The molecule has 4 nitrogen and oxygen atoms in total. The summed E-state index contributed by atoms with van der Waals surface area (Å²) in [4.78, 5) is 0. The van der Waals surface area contributed by atoms with E-state index in [2.05, 4.69) is 36.4 Å². The molecule has 1 rings (SSSR count). The Morgan fingerprint density at radius 1 is 1.36 bits per heavy atom. The van der Waals surface area contributed by atoms with Crippen LogP contribution in [0.25, 0.3) is 0 Å². The van der Waals surface area contributed by atoms with Gasteiger partial charge in [0.2, 0.25) is 0 Å². The molecule has 1 heterocycles. The van der Waals surface area contributed by atoms with Crippen molar-refractivity contribution >= 4 is 0 Å². The van der Waals surface area contributed by atoms with Gasteiger partial charge in [0.05, 0.1) is 6.20 Å². The van der Waals surface area contributed by atoms with E-state index in [1.165, 1.54) is 0 Å². The van der Waals surface area contributed by atoms with Gasteiger partial charge in [0.15, 0.2) is 0 Å². The molecule has 1 N–H and O–H groups in total. The standard InChI is InChI=1S/C10H20N4/c1-10(2,3)9-11-5-4-7-14-8-6-12-13-14/h6,8,11H,4-5,7,9H2,1-3H3. The summed E-state index contributed by atoms with van der Waals surface area (Å²) in [5.41, 5.74) is 0.368. The fourth-order valence-electron chi connectivity index (χ4n) is 1.18. The Morgan fingerprint density at radius 3 is 2.71 bits per heavy atom. The molecule has 14 heavy (non-hydrogen) atoms. The molecule has 1 aromatic heterocycles. The second-order valence-corrected chi connectivity index (χ2v) is 4.76. The summed E-state index contributed by atoms with van der Waals surface area (Å²) in [6.07, 6.45) is 4.70. The molecule has 0 fully saturated rings. The maximum atomic E-state index is 3.90. The van der Waals surface area contributed by atoms with Gasteiger partial charge in [-0.3, -0.25) is 4.68 Å². The molecule has 0 unspecified atom stereocenters. The number of aryl methyl sites for hydroxylation is 1. The molecule has 1 aromatic rings. The number of rotatable bonds is 5. The molecule has 0 bridgehead atoms. The highest BCUT2D eigenvalue weighted by Crippen LogP contribution is 2.09. The lowest BCUT2D eigenvalue weighted by Gasteiger charge is -2.18. The van der Waals surface area contributed by atoms with Crippen molar-refractivity contribution in [3.8, 4) is 0 Å². The van der Waals surface area contributed by atoms with E-state index in [1.54, 1.807) is 6.20 Å². The van der Waals surface area contributed by atoms with Gasteiger partial charge >= 0.3 is 0 Å². The summed E-state index contributed by atoms with van der Waals surface area (Å²) >= 11 is 0. The van der Waals surface area contributed by atoms with Crippen LogP contribution < -0.4 is 5.32 Å². The Morgan fingerprint density at radius 2 is 2.14 bits per heavy atom. The van der Waals surface area contributed by atoms with Gasteiger partial charge in [0, 0.05) is 12.7 Å². The van der Waals surface area contributed by atoms with Gasteiger partial charge in [-0.25, -0.2) is 0 Å². The molecule has 0 aliphatic carbocycles. The van der Waals surface area contributed by atoms with Crippen LogP contribution in [0.4, 0.5) is 0 Å². The van der Waals surface area contributed by atoms with Crippen molar-refractivity contribution in [1.82, 2.24) is 20.3 Å². The van der Waals surface area contributed by atoms with Gasteiger partial charge in [0.1, 0.15) is 0 Å². The van der Waals surface area contributed by atoms with Gasteiger partial charge in [-0.05, 0) is 24.9 Å². The second kappa shape index (κ2) is 5.10. The Balaban J connectivity index is 2.00. The first kappa shape index (κ1) is 11.2.